The number of rotatable bonds is 6. The van der Waals surface area contributed by atoms with Crippen LogP contribution in [0.2, 0.25) is 0 Å². The van der Waals surface area contributed by atoms with E-state index >= 15 is 0 Å². The number of nitrogens with one attached hydrogen (secondary N) is 2. The van der Waals surface area contributed by atoms with Crippen LogP contribution in [0.15, 0.2) is 24.4 Å². The summed E-state index contributed by atoms with van der Waals surface area (Å²) < 4.78 is 11.8. The first kappa shape index (κ1) is 20.5. The van der Waals surface area contributed by atoms with Gasteiger partial charge in [0.2, 0.25) is 0 Å². The zero-order valence-corrected chi connectivity index (χ0v) is 17.0. The summed E-state index contributed by atoms with van der Waals surface area (Å²) in [5, 5.41) is 17.1. The summed E-state index contributed by atoms with van der Waals surface area (Å²) >= 11 is 0. The van der Waals surface area contributed by atoms with E-state index in [1.807, 2.05) is 30.1 Å². The molecular weight excluding hydrogens is 372 g/mol. The summed E-state index contributed by atoms with van der Waals surface area (Å²) in [4.78, 5) is 18.9. The predicted molar refractivity (Wildman–Crippen MR) is 107 cm³/mol. The second-order valence-corrected chi connectivity index (χ2v) is 8.39. The third-order valence-corrected chi connectivity index (χ3v) is 6.32. The smallest absolute Gasteiger partial charge is 0.315 e. The van der Waals surface area contributed by atoms with Gasteiger partial charge in [-0.2, -0.15) is 0 Å². The molecule has 3 N–H and O–H groups in total. The Hall–Kier alpha value is -1.74. The summed E-state index contributed by atoms with van der Waals surface area (Å²) in [5.74, 6) is 0. The standard InChI is InChI=1S/C21H32N4O4/c1-25(12-10-14-7-5-6-11-22-14)18-19(26)17(16-13-28-20(18)29-16)24-21(27)23-15-8-3-2-4-9-15/h5-7,11,15-20,26H,2-4,8-10,12-13H2,1H3,(H2,23,24,27). The van der Waals surface area contributed by atoms with Gasteiger partial charge < -0.3 is 25.2 Å². The molecule has 5 atom stereocenters. The van der Waals surface area contributed by atoms with Crippen molar-refractivity contribution in [2.45, 2.75) is 75.1 Å². The van der Waals surface area contributed by atoms with Gasteiger partial charge in [0, 0.05) is 30.9 Å². The quantitative estimate of drug-likeness (QED) is 0.656. The highest BCUT2D eigenvalue weighted by molar-refractivity contribution is 5.74. The highest BCUT2D eigenvalue weighted by Gasteiger charge is 2.52. The first-order chi connectivity index (χ1) is 14.1. The van der Waals surface area contributed by atoms with Gasteiger partial charge in [-0.15, -0.1) is 0 Å². The van der Waals surface area contributed by atoms with Crippen molar-refractivity contribution in [3.05, 3.63) is 30.1 Å². The van der Waals surface area contributed by atoms with Gasteiger partial charge in [0.05, 0.1) is 24.8 Å². The van der Waals surface area contributed by atoms with E-state index in [1.54, 1.807) is 6.20 Å². The van der Waals surface area contributed by atoms with E-state index in [0.29, 0.717) is 13.2 Å². The van der Waals surface area contributed by atoms with E-state index in [2.05, 4.69) is 15.6 Å². The summed E-state index contributed by atoms with van der Waals surface area (Å²) in [5.41, 5.74) is 0.998. The molecule has 2 amide bonds. The Morgan fingerprint density at radius 2 is 2.10 bits per heavy atom. The minimum atomic E-state index is -0.771. The number of hydrogen-bond acceptors (Lipinski definition) is 6. The number of likely N-dealkylation sites (N-methyl/N-ethyl adjacent to an activating group) is 1. The molecule has 8 heteroatoms. The first-order valence-electron chi connectivity index (χ1n) is 10.7. The van der Waals surface area contributed by atoms with Crippen molar-refractivity contribution in [2.75, 3.05) is 20.2 Å². The molecule has 5 unspecified atom stereocenters. The van der Waals surface area contributed by atoms with Gasteiger partial charge in [0.1, 0.15) is 6.10 Å². The van der Waals surface area contributed by atoms with Crippen molar-refractivity contribution in [1.29, 1.82) is 0 Å². The molecule has 1 saturated carbocycles. The van der Waals surface area contributed by atoms with Gasteiger partial charge in [0.15, 0.2) is 6.29 Å². The van der Waals surface area contributed by atoms with E-state index in [0.717, 1.165) is 37.8 Å². The van der Waals surface area contributed by atoms with Crippen LogP contribution in [0.25, 0.3) is 0 Å². The monoisotopic (exact) mass is 404 g/mol. The molecule has 3 heterocycles. The van der Waals surface area contributed by atoms with Gasteiger partial charge >= 0.3 is 6.03 Å². The second-order valence-electron chi connectivity index (χ2n) is 8.39. The molecule has 1 aromatic heterocycles. The van der Waals surface area contributed by atoms with Crippen LogP contribution in [-0.4, -0.2) is 77.8 Å². The maximum atomic E-state index is 12.5. The molecule has 1 aliphatic carbocycles. The second kappa shape index (κ2) is 9.38. The van der Waals surface area contributed by atoms with Crippen LogP contribution >= 0.6 is 0 Å². The fourth-order valence-corrected chi connectivity index (χ4v) is 4.66. The molecule has 2 aliphatic heterocycles. The largest absolute Gasteiger partial charge is 0.389 e. The molecule has 2 saturated heterocycles. The maximum absolute atomic E-state index is 12.5. The van der Waals surface area contributed by atoms with Crippen LogP contribution in [0.4, 0.5) is 4.79 Å². The lowest BCUT2D eigenvalue weighted by atomic mass is 9.94. The van der Waals surface area contributed by atoms with E-state index in [9.17, 15) is 9.90 Å². The Morgan fingerprint density at radius 3 is 2.86 bits per heavy atom. The van der Waals surface area contributed by atoms with Crippen molar-refractivity contribution in [1.82, 2.24) is 20.5 Å². The Balaban J connectivity index is 1.35. The first-order valence-corrected chi connectivity index (χ1v) is 10.7. The van der Waals surface area contributed by atoms with Crippen LogP contribution in [0.3, 0.4) is 0 Å². The third kappa shape index (κ3) is 4.88. The van der Waals surface area contributed by atoms with Gasteiger partial charge in [-0.1, -0.05) is 25.3 Å². The van der Waals surface area contributed by atoms with E-state index in [-0.39, 0.29) is 24.2 Å². The molecule has 0 radical (unpaired) electrons. The van der Waals surface area contributed by atoms with Gasteiger partial charge in [-0.25, -0.2) is 4.79 Å². The Kier molecular flexibility index (Phi) is 6.64. The number of hydrogen-bond donors (Lipinski definition) is 3. The molecule has 29 heavy (non-hydrogen) atoms. The van der Waals surface area contributed by atoms with Crippen LogP contribution in [0.1, 0.15) is 37.8 Å². The number of amides is 2. The SMILES string of the molecule is CN(CCc1ccccn1)C1C2OCC(O2)C(NC(=O)NC2CCCCC2)C1O. The molecule has 0 spiro atoms. The van der Waals surface area contributed by atoms with Crippen LogP contribution < -0.4 is 10.6 Å². The zero-order valence-electron chi connectivity index (χ0n) is 17.0. The number of urea groups is 1. The minimum absolute atomic E-state index is 0.217. The maximum Gasteiger partial charge on any atom is 0.315 e. The normalized spacial score (nSPS) is 32.3. The highest BCUT2D eigenvalue weighted by Crippen LogP contribution is 2.31. The molecule has 3 aliphatic rings. The Labute approximate surface area is 172 Å². The van der Waals surface area contributed by atoms with Crippen molar-refractivity contribution in [2.24, 2.45) is 0 Å². The van der Waals surface area contributed by atoms with E-state index in [1.165, 1.54) is 6.42 Å². The third-order valence-electron chi connectivity index (χ3n) is 6.32. The predicted octanol–water partition coefficient (Wildman–Crippen LogP) is 1.04. The lowest BCUT2D eigenvalue weighted by Crippen LogP contribution is -2.66. The number of aliphatic hydroxyl groups is 1. The Bertz CT molecular complexity index is 670. The fraction of sp³-hybridized carbons (Fsp3) is 0.714. The summed E-state index contributed by atoms with van der Waals surface area (Å²) in [6.07, 6.45) is 6.55. The van der Waals surface area contributed by atoms with E-state index in [4.69, 9.17) is 9.47 Å². The van der Waals surface area contributed by atoms with Crippen molar-refractivity contribution in [3.63, 3.8) is 0 Å². The molecule has 2 bridgehead atoms. The van der Waals surface area contributed by atoms with Crippen LogP contribution in [0.5, 0.6) is 0 Å². The van der Waals surface area contributed by atoms with Crippen LogP contribution in [-0.2, 0) is 15.9 Å². The molecule has 4 rings (SSSR count). The molecular formula is C21H32N4O4. The lowest BCUT2D eigenvalue weighted by molar-refractivity contribution is -0.177. The van der Waals surface area contributed by atoms with Gasteiger partial charge in [0.25, 0.3) is 0 Å². The summed E-state index contributed by atoms with van der Waals surface area (Å²) in [6.45, 7) is 1.08. The topological polar surface area (TPSA) is 96.0 Å². The highest BCUT2D eigenvalue weighted by atomic mass is 16.7. The van der Waals surface area contributed by atoms with E-state index < -0.39 is 18.4 Å². The average Bonchev–Trinajstić information content (AvgIpc) is 3.16. The molecule has 160 valence electrons. The number of aliphatic hydroxyl groups excluding tert-OH is 1. The number of nitrogens with zero attached hydrogens (tertiary/aromatic N) is 2. The zero-order chi connectivity index (χ0) is 20.2. The summed E-state index contributed by atoms with van der Waals surface area (Å²) in [6, 6.07) is 4.99. The Morgan fingerprint density at radius 1 is 1.28 bits per heavy atom. The number of carbonyl (C=O) groups excluding carboxylic acids is 1. The van der Waals surface area contributed by atoms with Crippen LogP contribution in [0, 0.1) is 0 Å². The lowest BCUT2D eigenvalue weighted by Gasteiger charge is -2.42. The van der Waals surface area contributed by atoms with Gasteiger partial charge in [-0.3, -0.25) is 9.88 Å². The van der Waals surface area contributed by atoms with Crippen molar-refractivity contribution < 1.29 is 19.4 Å². The number of pyridine rings is 1. The number of aromatic nitrogens is 1. The summed E-state index contributed by atoms with van der Waals surface area (Å²) in [7, 11) is 1.95. The van der Waals surface area contributed by atoms with Crippen molar-refractivity contribution >= 4 is 6.03 Å². The number of ether oxygens (including phenoxy) is 2. The number of carbonyl (C=O) groups is 1. The average molecular weight is 405 g/mol. The molecule has 0 aromatic carbocycles. The number of fused-ring (bicyclic) bond motifs is 2. The molecule has 8 nitrogen and oxygen atoms in total. The fourth-order valence-electron chi connectivity index (χ4n) is 4.66. The minimum Gasteiger partial charge on any atom is -0.389 e. The molecule has 3 fully saturated rings. The van der Waals surface area contributed by atoms with Gasteiger partial charge in [-0.05, 0) is 32.0 Å². The molecule has 1 aromatic rings. The van der Waals surface area contributed by atoms with Crippen molar-refractivity contribution in [3.8, 4) is 0 Å².